The fourth-order valence-electron chi connectivity index (χ4n) is 4.36. The zero-order valence-corrected chi connectivity index (χ0v) is 20.2. The van der Waals surface area contributed by atoms with Crippen molar-refractivity contribution in [2.45, 2.75) is 33.6 Å². The van der Waals surface area contributed by atoms with Gasteiger partial charge in [0, 0.05) is 36.3 Å². The molecule has 2 aromatic rings. The van der Waals surface area contributed by atoms with Gasteiger partial charge in [-0.25, -0.2) is 0 Å². The molecule has 2 aliphatic heterocycles. The number of nitrogens with zero attached hydrogens (tertiary/aromatic N) is 2. The molecule has 0 aliphatic carbocycles. The summed E-state index contributed by atoms with van der Waals surface area (Å²) in [6.45, 7) is 6.93. The van der Waals surface area contributed by atoms with Gasteiger partial charge in [-0.3, -0.25) is 4.79 Å². The Kier molecular flexibility index (Phi) is 6.30. The van der Waals surface area contributed by atoms with Crippen LogP contribution < -0.4 is 10.1 Å². The maximum atomic E-state index is 12.9. The van der Waals surface area contributed by atoms with Crippen LogP contribution in [-0.4, -0.2) is 45.3 Å². The number of amidine groups is 1. The third-order valence-electron chi connectivity index (χ3n) is 6.41. The predicted molar refractivity (Wildman–Crippen MR) is 131 cm³/mol. The summed E-state index contributed by atoms with van der Waals surface area (Å²) in [4.78, 5) is 15.0. The van der Waals surface area contributed by atoms with Gasteiger partial charge in [0.1, 0.15) is 16.5 Å². The maximum Gasteiger partial charge on any atom is 0.285 e. The lowest BCUT2D eigenvalue weighted by molar-refractivity contribution is -0.120. The Morgan fingerprint density at radius 1 is 1.06 bits per heavy atom. The van der Waals surface area contributed by atoms with Crippen LogP contribution in [0, 0.1) is 19.8 Å². The molecule has 0 saturated carbocycles. The summed E-state index contributed by atoms with van der Waals surface area (Å²) in [5, 5.41) is 2.96. The van der Waals surface area contributed by atoms with Crippen LogP contribution in [0.3, 0.4) is 0 Å². The van der Waals surface area contributed by atoms with Crippen LogP contribution in [0.2, 0.25) is 0 Å². The quantitative estimate of drug-likeness (QED) is 0.730. The van der Waals surface area contributed by atoms with E-state index in [4.69, 9.17) is 4.74 Å². The van der Waals surface area contributed by atoms with E-state index < -0.39 is 10.0 Å². The summed E-state index contributed by atoms with van der Waals surface area (Å²) in [7, 11) is -2.17. The number of rotatable bonds is 4. The molecule has 0 spiro atoms. The van der Waals surface area contributed by atoms with Gasteiger partial charge in [0.05, 0.1) is 7.11 Å². The molecule has 0 aromatic heterocycles. The third kappa shape index (κ3) is 4.66. The number of benzene rings is 2. The average molecular weight is 468 g/mol. The molecule has 8 heteroatoms. The van der Waals surface area contributed by atoms with Crippen molar-refractivity contribution >= 4 is 32.4 Å². The van der Waals surface area contributed by atoms with Gasteiger partial charge in [-0.15, -0.1) is 4.40 Å². The van der Waals surface area contributed by atoms with E-state index in [-0.39, 0.29) is 16.7 Å². The van der Waals surface area contributed by atoms with E-state index in [1.165, 1.54) is 0 Å². The van der Waals surface area contributed by atoms with Crippen molar-refractivity contribution in [3.8, 4) is 5.75 Å². The Balaban J connectivity index is 1.46. The molecule has 2 heterocycles. The number of likely N-dealkylation sites (tertiary alicyclic amines) is 1. The fraction of sp³-hybridized carbons (Fsp3) is 0.360. The number of aryl methyl sites for hydroxylation is 2. The SMILES string of the molecule is COc1cccc(NC(=O)C2CCN(C3=NS(=O)(=O)C(c4ccc(C)c(C)c4)=C3C)CC2)c1. The molecule has 1 fully saturated rings. The number of ether oxygens (including phenoxy) is 1. The Morgan fingerprint density at radius 3 is 2.45 bits per heavy atom. The summed E-state index contributed by atoms with van der Waals surface area (Å²) >= 11 is 0. The molecule has 1 saturated heterocycles. The second-order valence-electron chi connectivity index (χ2n) is 8.63. The van der Waals surface area contributed by atoms with E-state index >= 15 is 0 Å². The minimum Gasteiger partial charge on any atom is -0.497 e. The van der Waals surface area contributed by atoms with Crippen molar-refractivity contribution in [2.75, 3.05) is 25.5 Å². The van der Waals surface area contributed by atoms with Crippen molar-refractivity contribution in [1.29, 1.82) is 0 Å². The molecular formula is C25H29N3O4S. The monoisotopic (exact) mass is 467 g/mol. The normalized spacial score (nSPS) is 18.3. The van der Waals surface area contributed by atoms with Gasteiger partial charge in [-0.05, 0) is 62.4 Å². The van der Waals surface area contributed by atoms with Crippen molar-refractivity contribution < 1.29 is 17.9 Å². The Bertz CT molecular complexity index is 1260. The minimum absolute atomic E-state index is 0.0352. The Morgan fingerprint density at radius 2 is 1.79 bits per heavy atom. The lowest BCUT2D eigenvalue weighted by atomic mass is 9.95. The third-order valence-corrected chi connectivity index (χ3v) is 7.88. The number of anilines is 1. The van der Waals surface area contributed by atoms with Crippen molar-refractivity contribution in [3.63, 3.8) is 0 Å². The van der Waals surface area contributed by atoms with Crippen LogP contribution >= 0.6 is 0 Å². The lowest BCUT2D eigenvalue weighted by Gasteiger charge is -2.32. The van der Waals surface area contributed by atoms with Crippen molar-refractivity contribution in [2.24, 2.45) is 10.3 Å². The van der Waals surface area contributed by atoms with Crippen LogP contribution in [0.4, 0.5) is 5.69 Å². The van der Waals surface area contributed by atoms with E-state index in [2.05, 4.69) is 9.71 Å². The molecular weight excluding hydrogens is 438 g/mol. The first-order chi connectivity index (χ1) is 15.7. The lowest BCUT2D eigenvalue weighted by Crippen LogP contribution is -2.41. The smallest absolute Gasteiger partial charge is 0.285 e. The van der Waals surface area contributed by atoms with E-state index in [1.807, 2.05) is 62.1 Å². The molecule has 7 nitrogen and oxygen atoms in total. The highest BCUT2D eigenvalue weighted by molar-refractivity contribution is 8.00. The molecule has 0 bridgehead atoms. The van der Waals surface area contributed by atoms with Gasteiger partial charge in [-0.1, -0.05) is 24.3 Å². The molecule has 1 N–H and O–H groups in total. The largest absolute Gasteiger partial charge is 0.497 e. The van der Waals surface area contributed by atoms with E-state index in [0.29, 0.717) is 54.3 Å². The molecule has 1 amide bonds. The summed E-state index contributed by atoms with van der Waals surface area (Å²) in [6, 6.07) is 12.9. The van der Waals surface area contributed by atoms with Crippen LogP contribution in [0.1, 0.15) is 36.5 Å². The molecule has 2 aromatic carbocycles. The maximum absolute atomic E-state index is 12.9. The fourth-order valence-corrected chi connectivity index (χ4v) is 5.84. The molecule has 2 aliphatic rings. The Hall–Kier alpha value is -3.13. The zero-order valence-electron chi connectivity index (χ0n) is 19.4. The van der Waals surface area contributed by atoms with Gasteiger partial charge in [0.25, 0.3) is 10.0 Å². The summed E-state index contributed by atoms with van der Waals surface area (Å²) in [5.74, 6) is 1.00. The van der Waals surface area contributed by atoms with Crippen LogP contribution in [0.5, 0.6) is 5.75 Å². The molecule has 174 valence electrons. The predicted octanol–water partition coefficient (Wildman–Crippen LogP) is 4.14. The van der Waals surface area contributed by atoms with Gasteiger partial charge in [0.15, 0.2) is 0 Å². The standard InChI is InChI=1S/C25H29N3O4S/c1-16-8-9-20(14-17(16)2)23-18(3)24(27-33(23,30)31)28-12-10-19(11-13-28)25(29)26-21-6-5-7-22(15-21)32-4/h5-9,14-15,19H,10-13H2,1-4H3,(H,26,29). The first-order valence-corrected chi connectivity index (χ1v) is 12.5. The van der Waals surface area contributed by atoms with Crippen LogP contribution in [0.25, 0.3) is 4.91 Å². The minimum atomic E-state index is -3.76. The first-order valence-electron chi connectivity index (χ1n) is 11.0. The second kappa shape index (κ2) is 9.02. The first kappa shape index (κ1) is 23.0. The molecule has 0 unspecified atom stereocenters. The number of piperidine rings is 1. The number of carbonyl (C=O) groups excluding carboxylic acids is 1. The van der Waals surface area contributed by atoms with Crippen LogP contribution in [-0.2, 0) is 14.8 Å². The second-order valence-corrected chi connectivity index (χ2v) is 10.2. The van der Waals surface area contributed by atoms with Crippen LogP contribution in [0.15, 0.2) is 52.4 Å². The van der Waals surface area contributed by atoms with E-state index in [1.54, 1.807) is 13.2 Å². The van der Waals surface area contributed by atoms with Gasteiger partial charge >= 0.3 is 0 Å². The zero-order chi connectivity index (χ0) is 23.8. The number of hydrogen-bond donors (Lipinski definition) is 1. The van der Waals surface area contributed by atoms with Gasteiger partial charge < -0.3 is 15.0 Å². The molecule has 0 radical (unpaired) electrons. The summed E-state index contributed by atoms with van der Waals surface area (Å²) in [6.07, 6.45) is 1.25. The number of hydrogen-bond acceptors (Lipinski definition) is 5. The van der Waals surface area contributed by atoms with E-state index in [0.717, 1.165) is 11.1 Å². The van der Waals surface area contributed by atoms with Gasteiger partial charge in [0.2, 0.25) is 5.91 Å². The number of amides is 1. The summed E-state index contributed by atoms with van der Waals surface area (Å²) in [5.41, 5.74) is 4.19. The van der Waals surface area contributed by atoms with Crippen molar-refractivity contribution in [3.05, 3.63) is 64.7 Å². The molecule has 4 rings (SSSR count). The Labute approximate surface area is 195 Å². The summed E-state index contributed by atoms with van der Waals surface area (Å²) < 4.78 is 35.1. The molecule has 0 atom stereocenters. The average Bonchev–Trinajstić information content (AvgIpc) is 3.04. The highest BCUT2D eigenvalue weighted by atomic mass is 32.2. The van der Waals surface area contributed by atoms with E-state index in [9.17, 15) is 13.2 Å². The number of methoxy groups -OCH3 is 1. The van der Waals surface area contributed by atoms with Crippen molar-refractivity contribution in [1.82, 2.24) is 4.90 Å². The highest BCUT2D eigenvalue weighted by Crippen LogP contribution is 2.35. The van der Waals surface area contributed by atoms with Gasteiger partial charge in [-0.2, -0.15) is 8.42 Å². The topological polar surface area (TPSA) is 88.1 Å². The number of sulfonamides is 1. The highest BCUT2D eigenvalue weighted by Gasteiger charge is 2.35. The molecule has 33 heavy (non-hydrogen) atoms. The number of carbonyl (C=O) groups is 1. The number of nitrogens with one attached hydrogen (secondary N) is 1.